The maximum Gasteiger partial charge on any atom is 0.417 e. The molecule has 3 rings (SSSR count). The quantitative estimate of drug-likeness (QED) is 0.727. The lowest BCUT2D eigenvalue weighted by Gasteiger charge is -2.21. The van der Waals surface area contributed by atoms with Gasteiger partial charge in [0.15, 0.2) is 0 Å². The molecule has 1 aliphatic rings. The fraction of sp³-hybridized carbons (Fsp3) is 0.0526. The van der Waals surface area contributed by atoms with Gasteiger partial charge in [-0.25, -0.2) is 9.78 Å². The molecule has 2 aromatic rings. The highest BCUT2D eigenvalue weighted by Crippen LogP contribution is 2.36. The fourth-order valence-corrected chi connectivity index (χ4v) is 2.69. The first-order valence-corrected chi connectivity index (χ1v) is 7.76. The molecule has 3 N–H and O–H groups in total. The van der Waals surface area contributed by atoms with Crippen LogP contribution in [0.5, 0.6) is 0 Å². The smallest absolute Gasteiger partial charge is 0.417 e. The van der Waals surface area contributed by atoms with Gasteiger partial charge in [0.1, 0.15) is 5.82 Å². The molecule has 0 radical (unpaired) electrons. The molecule has 0 spiro atoms. The van der Waals surface area contributed by atoms with Gasteiger partial charge in [0.25, 0.3) is 0 Å². The SMILES string of the molecule is C=C1C=C(c2ccnc(NC(=O)O)c2)C=C(c2ccccc2C(F)(F)F)N1. The number of carbonyl (C=O) groups is 1. The third kappa shape index (κ3) is 4.17. The number of dihydropyridines is 1. The third-order valence-electron chi connectivity index (χ3n) is 3.78. The molecule has 138 valence electrons. The number of benzene rings is 1. The standard InChI is InChI=1S/C19H14F3N3O2/c1-11-8-13(12-6-7-23-17(10-12)25-18(26)27)9-16(24-11)14-4-2-3-5-15(14)19(20,21)22/h2-10,24H,1H2,(H,23,25)(H,26,27). The van der Waals surface area contributed by atoms with E-state index >= 15 is 0 Å². The number of anilines is 1. The molecule has 0 fully saturated rings. The molecule has 27 heavy (non-hydrogen) atoms. The van der Waals surface area contributed by atoms with Crippen molar-refractivity contribution in [3.8, 4) is 0 Å². The molecule has 0 bridgehead atoms. The van der Waals surface area contributed by atoms with Gasteiger partial charge in [-0.05, 0) is 41.5 Å². The largest absolute Gasteiger partial charge is 0.465 e. The molecule has 2 heterocycles. The molecular weight excluding hydrogens is 359 g/mol. The molecule has 0 unspecified atom stereocenters. The highest BCUT2D eigenvalue weighted by molar-refractivity contribution is 5.89. The van der Waals surface area contributed by atoms with Crippen LogP contribution in [0.15, 0.2) is 67.0 Å². The highest BCUT2D eigenvalue weighted by Gasteiger charge is 2.34. The second kappa shape index (κ2) is 6.99. The van der Waals surface area contributed by atoms with Crippen LogP contribution in [-0.4, -0.2) is 16.2 Å². The van der Waals surface area contributed by atoms with Crippen LogP contribution in [0.1, 0.15) is 16.7 Å². The Kier molecular flexibility index (Phi) is 4.72. The lowest BCUT2D eigenvalue weighted by atomic mass is 9.96. The summed E-state index contributed by atoms with van der Waals surface area (Å²) in [7, 11) is 0. The van der Waals surface area contributed by atoms with Crippen molar-refractivity contribution in [3.05, 3.63) is 83.7 Å². The number of nitrogens with zero attached hydrogens (tertiary/aromatic N) is 1. The summed E-state index contributed by atoms with van der Waals surface area (Å²) in [5.74, 6) is 0.107. The van der Waals surface area contributed by atoms with Crippen molar-refractivity contribution in [1.82, 2.24) is 10.3 Å². The van der Waals surface area contributed by atoms with E-state index in [0.29, 0.717) is 16.8 Å². The van der Waals surface area contributed by atoms with Crippen molar-refractivity contribution >= 4 is 23.2 Å². The average molecular weight is 373 g/mol. The number of rotatable bonds is 3. The summed E-state index contributed by atoms with van der Waals surface area (Å²) in [5.41, 5.74) is 1.04. The van der Waals surface area contributed by atoms with Crippen LogP contribution in [-0.2, 0) is 6.18 Å². The zero-order valence-corrected chi connectivity index (χ0v) is 13.8. The van der Waals surface area contributed by atoms with E-state index < -0.39 is 17.8 Å². The van der Waals surface area contributed by atoms with Gasteiger partial charge in [0.2, 0.25) is 0 Å². The van der Waals surface area contributed by atoms with Crippen LogP contribution in [0.3, 0.4) is 0 Å². The Balaban J connectivity index is 2.04. The monoisotopic (exact) mass is 373 g/mol. The first kappa shape index (κ1) is 18.2. The molecule has 1 aliphatic heterocycles. The van der Waals surface area contributed by atoms with E-state index in [4.69, 9.17) is 5.11 Å². The lowest BCUT2D eigenvalue weighted by molar-refractivity contribution is -0.137. The van der Waals surface area contributed by atoms with Crippen molar-refractivity contribution in [3.63, 3.8) is 0 Å². The first-order chi connectivity index (χ1) is 12.7. The van der Waals surface area contributed by atoms with Crippen LogP contribution in [0.25, 0.3) is 11.3 Å². The predicted molar refractivity (Wildman–Crippen MR) is 95.6 cm³/mol. The Morgan fingerprint density at radius 1 is 1.19 bits per heavy atom. The number of allylic oxidation sites excluding steroid dienone is 3. The molecule has 1 aromatic carbocycles. The van der Waals surface area contributed by atoms with E-state index in [-0.39, 0.29) is 17.1 Å². The van der Waals surface area contributed by atoms with Crippen molar-refractivity contribution in [2.45, 2.75) is 6.18 Å². The molecule has 1 amide bonds. The topological polar surface area (TPSA) is 74.2 Å². The predicted octanol–water partition coefficient (Wildman–Crippen LogP) is 4.73. The number of hydrogen-bond donors (Lipinski definition) is 3. The summed E-state index contributed by atoms with van der Waals surface area (Å²) < 4.78 is 40.0. The van der Waals surface area contributed by atoms with Crippen LogP contribution in [0.2, 0.25) is 0 Å². The highest BCUT2D eigenvalue weighted by atomic mass is 19.4. The van der Waals surface area contributed by atoms with E-state index in [1.807, 2.05) is 0 Å². The van der Waals surface area contributed by atoms with Gasteiger partial charge in [-0.15, -0.1) is 0 Å². The normalized spacial score (nSPS) is 14.1. The number of hydrogen-bond acceptors (Lipinski definition) is 3. The van der Waals surface area contributed by atoms with Crippen LogP contribution >= 0.6 is 0 Å². The summed E-state index contributed by atoms with van der Waals surface area (Å²) in [6.45, 7) is 3.79. The molecule has 0 saturated carbocycles. The Labute approximate surface area is 152 Å². The fourth-order valence-electron chi connectivity index (χ4n) is 2.69. The van der Waals surface area contributed by atoms with E-state index in [1.54, 1.807) is 18.2 Å². The Morgan fingerprint density at radius 3 is 2.63 bits per heavy atom. The first-order valence-electron chi connectivity index (χ1n) is 7.76. The molecule has 5 nitrogen and oxygen atoms in total. The number of carboxylic acid groups (broad SMARTS) is 1. The summed E-state index contributed by atoms with van der Waals surface area (Å²) in [4.78, 5) is 14.7. The maximum absolute atomic E-state index is 13.3. The molecule has 1 aromatic heterocycles. The van der Waals surface area contributed by atoms with Crippen LogP contribution < -0.4 is 10.6 Å². The van der Waals surface area contributed by atoms with Crippen molar-refractivity contribution in [2.75, 3.05) is 5.32 Å². The molecule has 8 heteroatoms. The van der Waals surface area contributed by atoms with Gasteiger partial charge in [-0.3, -0.25) is 5.32 Å². The summed E-state index contributed by atoms with van der Waals surface area (Å²) in [5, 5.41) is 13.8. The minimum Gasteiger partial charge on any atom is -0.465 e. The number of aromatic nitrogens is 1. The zero-order valence-electron chi connectivity index (χ0n) is 13.8. The Morgan fingerprint density at radius 2 is 1.93 bits per heavy atom. The Hall–Kier alpha value is -3.55. The van der Waals surface area contributed by atoms with E-state index in [9.17, 15) is 18.0 Å². The van der Waals surface area contributed by atoms with Gasteiger partial charge in [-0.2, -0.15) is 13.2 Å². The number of halogens is 3. The summed E-state index contributed by atoms with van der Waals surface area (Å²) in [6.07, 6.45) is -1.15. The lowest BCUT2D eigenvalue weighted by Crippen LogP contribution is -2.17. The number of alkyl halides is 3. The van der Waals surface area contributed by atoms with Gasteiger partial charge < -0.3 is 10.4 Å². The maximum atomic E-state index is 13.3. The minimum atomic E-state index is -4.50. The number of amides is 1. The van der Waals surface area contributed by atoms with Crippen molar-refractivity contribution < 1.29 is 23.1 Å². The molecule has 0 atom stereocenters. The van der Waals surface area contributed by atoms with E-state index in [0.717, 1.165) is 6.07 Å². The summed E-state index contributed by atoms with van der Waals surface area (Å²) in [6, 6.07) is 8.36. The summed E-state index contributed by atoms with van der Waals surface area (Å²) >= 11 is 0. The number of nitrogens with one attached hydrogen (secondary N) is 2. The second-order valence-electron chi connectivity index (χ2n) is 5.71. The van der Waals surface area contributed by atoms with Gasteiger partial charge >= 0.3 is 12.3 Å². The van der Waals surface area contributed by atoms with Gasteiger partial charge in [0.05, 0.1) is 5.56 Å². The van der Waals surface area contributed by atoms with Crippen molar-refractivity contribution in [2.24, 2.45) is 0 Å². The molecular formula is C19H14F3N3O2. The third-order valence-corrected chi connectivity index (χ3v) is 3.78. The van der Waals surface area contributed by atoms with E-state index in [1.165, 1.54) is 30.5 Å². The molecule has 0 aliphatic carbocycles. The molecule has 0 saturated heterocycles. The van der Waals surface area contributed by atoms with Crippen molar-refractivity contribution in [1.29, 1.82) is 0 Å². The Bertz CT molecular complexity index is 978. The van der Waals surface area contributed by atoms with Crippen LogP contribution in [0.4, 0.5) is 23.8 Å². The van der Waals surface area contributed by atoms with Gasteiger partial charge in [0, 0.05) is 23.2 Å². The zero-order chi connectivity index (χ0) is 19.6. The minimum absolute atomic E-state index is 0.00492. The van der Waals surface area contributed by atoms with Crippen LogP contribution in [0, 0.1) is 0 Å². The van der Waals surface area contributed by atoms with Gasteiger partial charge in [-0.1, -0.05) is 24.8 Å². The second-order valence-corrected chi connectivity index (χ2v) is 5.71. The average Bonchev–Trinajstić information content (AvgIpc) is 2.60. The number of pyridine rings is 1. The van der Waals surface area contributed by atoms with E-state index in [2.05, 4.69) is 22.2 Å².